The van der Waals surface area contributed by atoms with E-state index < -0.39 is 9.92 Å². The monoisotopic (exact) mass is 372 g/mol. The molecule has 1 atom stereocenters. The number of hydrogen-bond acceptors (Lipinski definition) is 1. The maximum Gasteiger partial charge on any atom is 0.403 e. The molecule has 0 saturated carbocycles. The van der Waals surface area contributed by atoms with Crippen molar-refractivity contribution in [1.82, 2.24) is 0 Å². The van der Waals surface area contributed by atoms with Crippen LogP contribution in [0.1, 0.15) is 123 Å². The third kappa shape index (κ3) is 17.3. The number of quaternary nitrogens is 1. The van der Waals surface area contributed by atoms with Gasteiger partial charge in [-0.25, -0.2) is 0 Å². The Morgan fingerprint density at radius 1 is 0.520 bits per heavy atom. The Kier molecular flexibility index (Phi) is 19.0. The van der Waals surface area contributed by atoms with Crippen molar-refractivity contribution in [2.24, 2.45) is 0 Å². The van der Waals surface area contributed by atoms with Gasteiger partial charge < -0.3 is 8.94 Å². The average molecular weight is 373 g/mol. The smallest absolute Gasteiger partial charge is 0.391 e. The molecule has 0 aromatic rings. The quantitative estimate of drug-likeness (QED) is 0.202. The molecular weight excluding hydrogens is 322 g/mol. The Bertz CT molecular complexity index is 262. The lowest BCUT2D eigenvalue weighted by atomic mass is 10.0. The predicted octanol–water partition coefficient (Wildman–Crippen LogP) is 6.10. The van der Waals surface area contributed by atoms with Gasteiger partial charge in [0.2, 0.25) is 0 Å². The third-order valence-corrected chi connectivity index (χ3v) is 6.97. The molecule has 1 unspecified atom stereocenters. The van der Waals surface area contributed by atoms with Gasteiger partial charge in [0.25, 0.3) is 0 Å². The molecule has 0 aromatic carbocycles. The molecule has 2 nitrogen and oxygen atoms in total. The lowest BCUT2D eigenvalue weighted by Gasteiger charge is -2.33. The van der Waals surface area contributed by atoms with Crippen LogP contribution in [0, 0.1) is 0 Å². The largest absolute Gasteiger partial charge is 0.403 e. The highest BCUT2D eigenvalue weighted by molar-refractivity contribution is 6.14. The molecule has 0 saturated heterocycles. The first-order valence-corrected chi connectivity index (χ1v) is 12.9. The molecule has 0 aliphatic rings. The zero-order valence-electron chi connectivity index (χ0n) is 18.0. The second-order valence-corrected chi connectivity index (χ2v) is 10.3. The summed E-state index contributed by atoms with van der Waals surface area (Å²) in [7, 11) is 1.34. The van der Waals surface area contributed by atoms with Crippen molar-refractivity contribution in [3.05, 3.63) is 0 Å². The lowest BCUT2D eigenvalue weighted by molar-refractivity contribution is -0.807. The van der Waals surface area contributed by atoms with E-state index in [0.29, 0.717) is 0 Å². The fourth-order valence-corrected chi connectivity index (χ4v) is 4.66. The van der Waals surface area contributed by atoms with E-state index in [4.69, 9.17) is 0 Å². The van der Waals surface area contributed by atoms with Gasteiger partial charge in [-0.2, -0.15) is 0 Å². The second-order valence-electron chi connectivity index (χ2n) is 8.51. The van der Waals surface area contributed by atoms with E-state index in [9.17, 15) is 4.80 Å². The topological polar surface area (TPSA) is 20.2 Å². The fraction of sp³-hybridized carbons (Fsp3) is 1.00. The molecule has 0 radical (unpaired) electrons. The summed E-state index contributed by atoms with van der Waals surface area (Å²) in [5.41, 5.74) is 0. The van der Waals surface area contributed by atoms with Gasteiger partial charge in [0, 0.05) is 0 Å². The minimum atomic E-state index is -0.908. The average Bonchev–Trinajstić information content (AvgIpc) is 2.61. The summed E-state index contributed by atoms with van der Waals surface area (Å²) in [6.07, 6.45) is 24.1. The zero-order chi connectivity index (χ0) is 18.6. The Labute approximate surface area is 162 Å². The molecule has 1 N–H and O–H groups in total. The van der Waals surface area contributed by atoms with Crippen molar-refractivity contribution in [1.29, 1.82) is 0 Å². The van der Waals surface area contributed by atoms with Crippen LogP contribution in [0.15, 0.2) is 0 Å². The summed E-state index contributed by atoms with van der Waals surface area (Å²) in [6.45, 7) is 6.89. The van der Waals surface area contributed by atoms with Gasteiger partial charge in [0.15, 0.2) is 0 Å². The summed E-state index contributed by atoms with van der Waals surface area (Å²) in [5, 5.41) is 0. The molecule has 25 heavy (non-hydrogen) atoms. The summed E-state index contributed by atoms with van der Waals surface area (Å²) in [6, 6.07) is 0. The first kappa shape index (κ1) is 25.1. The molecule has 0 aliphatic carbocycles. The molecule has 152 valence electrons. The van der Waals surface area contributed by atoms with E-state index in [1.54, 1.807) is 0 Å². The molecule has 0 aliphatic heterocycles. The van der Waals surface area contributed by atoms with Crippen LogP contribution in [0.25, 0.3) is 0 Å². The summed E-state index contributed by atoms with van der Waals surface area (Å²) in [5.74, 6) is 0. The Hall–Kier alpha value is 0.137. The highest BCUT2D eigenvalue weighted by atomic mass is 28.2. The van der Waals surface area contributed by atoms with Crippen molar-refractivity contribution in [2.75, 3.05) is 20.1 Å². The molecule has 0 bridgehead atoms. The van der Waals surface area contributed by atoms with Crippen molar-refractivity contribution in [2.45, 2.75) is 123 Å². The highest BCUT2D eigenvalue weighted by Crippen LogP contribution is 2.14. The van der Waals surface area contributed by atoms with Gasteiger partial charge in [-0.05, 0) is 19.3 Å². The van der Waals surface area contributed by atoms with Crippen LogP contribution in [-0.2, 0) is 0 Å². The first-order valence-electron chi connectivity index (χ1n) is 11.6. The van der Waals surface area contributed by atoms with Crippen LogP contribution < -0.4 is 0 Å². The van der Waals surface area contributed by atoms with Gasteiger partial charge in [-0.1, -0.05) is 104 Å². The van der Waals surface area contributed by atoms with E-state index in [2.05, 4.69) is 20.9 Å². The normalized spacial score (nSPS) is 14.4. The highest BCUT2D eigenvalue weighted by Gasteiger charge is 2.18. The van der Waals surface area contributed by atoms with Crippen molar-refractivity contribution in [3.8, 4) is 0 Å². The number of nitrogens with zero attached hydrogens (tertiary/aromatic N) is 1. The molecule has 0 spiro atoms. The van der Waals surface area contributed by atoms with Crippen LogP contribution >= 0.6 is 0 Å². The van der Waals surface area contributed by atoms with Gasteiger partial charge in [-0.3, -0.25) is 0 Å². The number of hydrogen-bond donors (Lipinski definition) is 1. The van der Waals surface area contributed by atoms with Crippen LogP contribution in [0.4, 0.5) is 0 Å². The maximum absolute atomic E-state index is 9.65. The van der Waals surface area contributed by atoms with Crippen molar-refractivity contribution >= 4 is 9.92 Å². The Morgan fingerprint density at radius 2 is 0.880 bits per heavy atom. The zero-order valence-corrected chi connectivity index (χ0v) is 19.5. The predicted molar refractivity (Wildman–Crippen MR) is 117 cm³/mol. The van der Waals surface area contributed by atoms with Gasteiger partial charge in [0.1, 0.15) is 0 Å². The van der Waals surface area contributed by atoms with Crippen LogP contribution in [0.5, 0.6) is 0 Å². The fourth-order valence-electron chi connectivity index (χ4n) is 3.83. The van der Waals surface area contributed by atoms with Gasteiger partial charge in [0.05, 0.1) is 20.1 Å². The molecule has 0 rings (SSSR count). The number of rotatable bonds is 20. The standard InChI is InChI=1S/C22H50NOSi/c1-4-6-7-8-9-10-11-12-13-14-15-16-17-18-19-20-22-23(3,25-24)21-5-2/h24H,4-22,25H2,1-3H3/q+1. The van der Waals surface area contributed by atoms with Gasteiger partial charge >= 0.3 is 9.92 Å². The minimum Gasteiger partial charge on any atom is -0.391 e. The molecule has 3 heteroatoms. The molecular formula is C22H50NOSi+. The second kappa shape index (κ2) is 18.9. The van der Waals surface area contributed by atoms with E-state index in [1.807, 2.05) is 0 Å². The molecule has 0 heterocycles. The van der Waals surface area contributed by atoms with Crippen LogP contribution in [0.3, 0.4) is 0 Å². The SMILES string of the molecule is CCCCCCCCCCCCCCCCCC[N+](C)(CCC)[SiH2]O. The molecule has 0 aromatic heterocycles. The Balaban J connectivity index is 3.19. The van der Waals surface area contributed by atoms with Crippen LogP contribution in [-0.4, -0.2) is 39.0 Å². The molecule has 0 amide bonds. The Morgan fingerprint density at radius 3 is 1.20 bits per heavy atom. The summed E-state index contributed by atoms with van der Waals surface area (Å²) in [4.78, 5) is 9.65. The molecule has 0 fully saturated rings. The minimum absolute atomic E-state index is 0.908. The lowest BCUT2D eigenvalue weighted by Crippen LogP contribution is -2.48. The summed E-state index contributed by atoms with van der Waals surface area (Å²) < 4.78 is 0.981. The van der Waals surface area contributed by atoms with E-state index in [1.165, 1.54) is 122 Å². The summed E-state index contributed by atoms with van der Waals surface area (Å²) >= 11 is 0. The first-order chi connectivity index (χ1) is 12.2. The van der Waals surface area contributed by atoms with Crippen molar-refractivity contribution < 1.29 is 8.94 Å². The number of unbranched alkanes of at least 4 members (excludes halogenated alkanes) is 15. The maximum atomic E-state index is 9.65. The van der Waals surface area contributed by atoms with Gasteiger partial charge in [-0.15, -0.1) is 0 Å². The van der Waals surface area contributed by atoms with E-state index >= 15 is 0 Å². The van der Waals surface area contributed by atoms with Crippen LogP contribution in [0.2, 0.25) is 0 Å². The third-order valence-electron chi connectivity index (χ3n) is 5.66. The van der Waals surface area contributed by atoms with E-state index in [0.717, 1.165) is 4.15 Å². The van der Waals surface area contributed by atoms with E-state index in [-0.39, 0.29) is 0 Å². The van der Waals surface area contributed by atoms with Crippen molar-refractivity contribution in [3.63, 3.8) is 0 Å².